The third-order valence-electron chi connectivity index (χ3n) is 4.22. The summed E-state index contributed by atoms with van der Waals surface area (Å²) in [4.78, 5) is -0.461. The van der Waals surface area contributed by atoms with E-state index in [1.165, 1.54) is 18.2 Å². The molecular weight excluding hydrogens is 376 g/mol. The van der Waals surface area contributed by atoms with E-state index < -0.39 is 31.1 Å². The van der Waals surface area contributed by atoms with Crippen LogP contribution in [-0.2, 0) is 31.1 Å². The summed E-state index contributed by atoms with van der Waals surface area (Å²) in [6.45, 7) is 10.9. The molecule has 0 saturated carbocycles. The van der Waals surface area contributed by atoms with Gasteiger partial charge in [-0.25, -0.2) is 0 Å². The molecule has 0 atom stereocenters. The van der Waals surface area contributed by atoms with Crippen molar-refractivity contribution in [3.8, 4) is 0 Å². The van der Waals surface area contributed by atoms with Crippen LogP contribution in [0.3, 0.4) is 0 Å². The summed E-state index contributed by atoms with van der Waals surface area (Å²) in [5.74, 6) is 0. The molecule has 144 valence electrons. The lowest BCUT2D eigenvalue weighted by Crippen LogP contribution is -2.18. The van der Waals surface area contributed by atoms with Crippen LogP contribution in [0.15, 0.2) is 34.1 Å². The van der Waals surface area contributed by atoms with E-state index >= 15 is 0 Å². The molecule has 0 radical (unpaired) electrons. The lowest BCUT2D eigenvalue weighted by molar-refractivity contribution is 0.475. The van der Waals surface area contributed by atoms with Crippen molar-refractivity contribution in [3.05, 3.63) is 35.4 Å². The Bertz CT molecular complexity index is 1080. The first-order chi connectivity index (χ1) is 11.4. The lowest BCUT2D eigenvalue weighted by atomic mass is 9.81. The highest BCUT2D eigenvalue weighted by molar-refractivity contribution is 7.86. The zero-order valence-electron chi connectivity index (χ0n) is 15.7. The Morgan fingerprint density at radius 3 is 1.58 bits per heavy atom. The molecule has 0 heterocycles. The first-order valence-corrected chi connectivity index (χ1v) is 10.9. The van der Waals surface area contributed by atoms with Crippen LogP contribution < -0.4 is 0 Å². The lowest BCUT2D eigenvalue weighted by Gasteiger charge is -2.26. The predicted molar refractivity (Wildman–Crippen MR) is 101 cm³/mol. The molecule has 2 aromatic rings. The monoisotopic (exact) mass is 400 g/mol. The molecule has 2 N–H and O–H groups in total. The molecule has 0 fully saturated rings. The molecular formula is C18H24O6S2. The van der Waals surface area contributed by atoms with Gasteiger partial charge in [-0.2, -0.15) is 16.8 Å². The average molecular weight is 401 g/mol. The van der Waals surface area contributed by atoms with E-state index in [1.807, 2.05) is 20.8 Å². The van der Waals surface area contributed by atoms with Gasteiger partial charge in [0.1, 0.15) is 0 Å². The van der Waals surface area contributed by atoms with Crippen molar-refractivity contribution in [2.45, 2.75) is 62.2 Å². The van der Waals surface area contributed by atoms with Gasteiger partial charge in [-0.3, -0.25) is 9.11 Å². The fourth-order valence-electron chi connectivity index (χ4n) is 2.93. The fraction of sp³-hybridized carbons (Fsp3) is 0.444. The van der Waals surface area contributed by atoms with Gasteiger partial charge in [-0.15, -0.1) is 0 Å². The van der Waals surface area contributed by atoms with Crippen molar-refractivity contribution in [2.75, 3.05) is 0 Å². The molecule has 0 aliphatic heterocycles. The van der Waals surface area contributed by atoms with Crippen LogP contribution >= 0.6 is 0 Å². The molecule has 0 aromatic heterocycles. The van der Waals surface area contributed by atoms with E-state index in [0.717, 1.165) is 0 Å². The number of benzene rings is 2. The molecule has 0 saturated heterocycles. The van der Waals surface area contributed by atoms with Gasteiger partial charge in [0.05, 0.1) is 9.79 Å². The van der Waals surface area contributed by atoms with E-state index in [2.05, 4.69) is 0 Å². The Labute approximate surface area is 154 Å². The smallest absolute Gasteiger partial charge is 0.282 e. The van der Waals surface area contributed by atoms with Crippen LogP contribution in [0.4, 0.5) is 0 Å². The normalized spacial score (nSPS) is 14.0. The Hall–Kier alpha value is -1.48. The van der Waals surface area contributed by atoms with Crippen LogP contribution in [-0.4, -0.2) is 25.9 Å². The summed E-state index contributed by atoms with van der Waals surface area (Å²) in [5.41, 5.74) is -0.235. The molecule has 26 heavy (non-hydrogen) atoms. The van der Waals surface area contributed by atoms with E-state index in [9.17, 15) is 25.9 Å². The van der Waals surface area contributed by atoms with Crippen LogP contribution in [0, 0.1) is 0 Å². The van der Waals surface area contributed by atoms with Gasteiger partial charge in [0.15, 0.2) is 0 Å². The topological polar surface area (TPSA) is 109 Å². The predicted octanol–water partition coefficient (Wildman–Crippen LogP) is 3.93. The summed E-state index contributed by atoms with van der Waals surface area (Å²) in [7, 11) is -8.91. The maximum absolute atomic E-state index is 12.0. The number of rotatable bonds is 2. The highest BCUT2D eigenvalue weighted by atomic mass is 32.2. The third-order valence-corrected chi connectivity index (χ3v) is 5.94. The van der Waals surface area contributed by atoms with Gasteiger partial charge in [0.25, 0.3) is 20.2 Å². The largest absolute Gasteiger partial charge is 0.294 e. The summed E-state index contributed by atoms with van der Waals surface area (Å²) >= 11 is 0. The fourth-order valence-corrected chi connectivity index (χ4v) is 4.39. The Morgan fingerprint density at radius 1 is 0.692 bits per heavy atom. The second-order valence-electron chi connectivity index (χ2n) is 8.49. The highest BCUT2D eigenvalue weighted by Gasteiger charge is 2.28. The van der Waals surface area contributed by atoms with Crippen LogP contribution in [0.5, 0.6) is 0 Å². The summed E-state index contributed by atoms with van der Waals surface area (Å²) in [6, 6.07) is 5.58. The van der Waals surface area contributed by atoms with Gasteiger partial charge in [0.2, 0.25) is 0 Å². The summed E-state index contributed by atoms with van der Waals surface area (Å²) < 4.78 is 66.5. The van der Waals surface area contributed by atoms with E-state index in [1.54, 1.807) is 26.8 Å². The van der Waals surface area contributed by atoms with Crippen molar-refractivity contribution < 1.29 is 25.9 Å². The highest BCUT2D eigenvalue weighted by Crippen LogP contribution is 2.38. The van der Waals surface area contributed by atoms with E-state index in [-0.39, 0.29) is 9.79 Å². The zero-order chi connectivity index (χ0) is 20.3. The van der Waals surface area contributed by atoms with E-state index in [0.29, 0.717) is 21.9 Å². The van der Waals surface area contributed by atoms with Crippen molar-refractivity contribution in [1.82, 2.24) is 0 Å². The van der Waals surface area contributed by atoms with Gasteiger partial charge >= 0.3 is 0 Å². The SMILES string of the molecule is CC(C)(C)c1cc2cc(S(=O)(=O)O)cc(C(C)(C)C)c2cc1S(=O)(=O)O. The standard InChI is InChI=1S/C18H24O6S2/c1-17(2,3)14-9-12(25(19,20)21)7-11-8-15(18(4,5)6)16(10-13(11)14)26(22,23)24/h7-10H,1-6H3,(H,19,20,21)(H,22,23,24). The molecule has 0 bridgehead atoms. The van der Waals surface area contributed by atoms with Crippen molar-refractivity contribution in [2.24, 2.45) is 0 Å². The van der Waals surface area contributed by atoms with Crippen LogP contribution in [0.2, 0.25) is 0 Å². The minimum absolute atomic E-state index is 0.206. The summed E-state index contributed by atoms with van der Waals surface area (Å²) in [5, 5.41) is 0.980. The van der Waals surface area contributed by atoms with E-state index in [4.69, 9.17) is 0 Å². The molecule has 2 rings (SSSR count). The molecule has 0 spiro atoms. The molecule has 0 unspecified atom stereocenters. The Kier molecular flexibility index (Phi) is 4.82. The second kappa shape index (κ2) is 6.02. The van der Waals surface area contributed by atoms with Crippen molar-refractivity contribution in [3.63, 3.8) is 0 Å². The molecule has 6 nitrogen and oxygen atoms in total. The van der Waals surface area contributed by atoms with Gasteiger partial charge in [-0.1, -0.05) is 41.5 Å². The Balaban J connectivity index is 3.13. The average Bonchev–Trinajstić information content (AvgIpc) is 2.40. The quantitative estimate of drug-likeness (QED) is 0.739. The molecule has 2 aromatic carbocycles. The third kappa shape index (κ3) is 4.09. The maximum atomic E-state index is 12.0. The minimum Gasteiger partial charge on any atom is -0.282 e. The van der Waals surface area contributed by atoms with Gasteiger partial charge in [-0.05, 0) is 57.0 Å². The first-order valence-electron chi connectivity index (χ1n) is 8.00. The van der Waals surface area contributed by atoms with Crippen LogP contribution in [0.1, 0.15) is 52.7 Å². The van der Waals surface area contributed by atoms with Crippen molar-refractivity contribution in [1.29, 1.82) is 0 Å². The molecule has 0 amide bonds. The molecule has 0 aliphatic rings. The zero-order valence-corrected chi connectivity index (χ0v) is 17.3. The number of hydrogen-bond acceptors (Lipinski definition) is 4. The van der Waals surface area contributed by atoms with Crippen molar-refractivity contribution >= 4 is 31.0 Å². The first kappa shape index (κ1) is 20.8. The molecule has 8 heteroatoms. The van der Waals surface area contributed by atoms with Gasteiger partial charge < -0.3 is 0 Å². The second-order valence-corrected chi connectivity index (χ2v) is 11.3. The Morgan fingerprint density at radius 2 is 1.19 bits per heavy atom. The van der Waals surface area contributed by atoms with Crippen LogP contribution in [0.25, 0.3) is 10.8 Å². The number of fused-ring (bicyclic) bond motifs is 1. The number of hydrogen-bond donors (Lipinski definition) is 2. The maximum Gasteiger partial charge on any atom is 0.294 e. The molecule has 0 aliphatic carbocycles. The minimum atomic E-state index is -4.48. The summed E-state index contributed by atoms with van der Waals surface area (Å²) in [6.07, 6.45) is 0. The van der Waals surface area contributed by atoms with Gasteiger partial charge in [0, 0.05) is 0 Å².